The van der Waals surface area contributed by atoms with Crippen molar-refractivity contribution in [3.05, 3.63) is 23.8 Å². The average molecular weight is 272 g/mol. The van der Waals surface area contributed by atoms with Crippen molar-refractivity contribution in [2.45, 2.75) is 45.6 Å². The Labute approximate surface area is 118 Å². The fourth-order valence-electron chi connectivity index (χ4n) is 2.76. The summed E-state index contributed by atoms with van der Waals surface area (Å²) in [5, 5.41) is 0. The quantitative estimate of drug-likeness (QED) is 0.507. The summed E-state index contributed by atoms with van der Waals surface area (Å²) in [6, 6.07) is 0. The Morgan fingerprint density at radius 2 is 2.10 bits per heavy atom. The number of nitrogens with zero attached hydrogens (tertiary/aromatic N) is 4. The minimum absolute atomic E-state index is 0.706. The van der Waals surface area contributed by atoms with Crippen LogP contribution in [0.2, 0.25) is 0 Å². The zero-order valence-corrected chi connectivity index (χ0v) is 11.8. The molecule has 0 aliphatic heterocycles. The van der Waals surface area contributed by atoms with Gasteiger partial charge in [-0.05, 0) is 32.6 Å². The molecule has 6 heteroatoms. The first-order valence-corrected chi connectivity index (χ1v) is 7.20. The molecule has 0 unspecified atom stereocenters. The second-order valence-corrected chi connectivity index (χ2v) is 5.09. The SMILES string of the molecule is CCn1cncc1-c1nc2c(c(NN)n1)CCCCC2. The van der Waals surface area contributed by atoms with Crippen molar-refractivity contribution in [3.8, 4) is 11.5 Å². The molecule has 0 saturated carbocycles. The van der Waals surface area contributed by atoms with E-state index in [2.05, 4.69) is 22.3 Å². The predicted molar refractivity (Wildman–Crippen MR) is 78.0 cm³/mol. The molecule has 0 amide bonds. The number of hydrogen-bond acceptors (Lipinski definition) is 5. The van der Waals surface area contributed by atoms with Crippen LogP contribution in [0.4, 0.5) is 5.82 Å². The molecule has 1 aliphatic carbocycles. The summed E-state index contributed by atoms with van der Waals surface area (Å²) in [5.41, 5.74) is 5.99. The third-order valence-corrected chi connectivity index (χ3v) is 3.85. The predicted octanol–water partition coefficient (Wildman–Crippen LogP) is 1.91. The number of anilines is 1. The van der Waals surface area contributed by atoms with E-state index < -0.39 is 0 Å². The van der Waals surface area contributed by atoms with Crippen molar-refractivity contribution in [2.24, 2.45) is 5.84 Å². The summed E-state index contributed by atoms with van der Waals surface area (Å²) in [4.78, 5) is 13.5. The van der Waals surface area contributed by atoms with Crippen LogP contribution in [0, 0.1) is 0 Å². The van der Waals surface area contributed by atoms with Gasteiger partial charge in [0.2, 0.25) is 0 Å². The lowest BCUT2D eigenvalue weighted by Gasteiger charge is -2.13. The van der Waals surface area contributed by atoms with Gasteiger partial charge < -0.3 is 9.99 Å². The Kier molecular flexibility index (Phi) is 3.64. The minimum Gasteiger partial charge on any atom is -0.328 e. The van der Waals surface area contributed by atoms with Crippen molar-refractivity contribution >= 4 is 5.82 Å². The number of hydrazine groups is 1. The highest BCUT2D eigenvalue weighted by atomic mass is 15.3. The molecule has 0 aromatic carbocycles. The van der Waals surface area contributed by atoms with Crippen LogP contribution in [-0.4, -0.2) is 19.5 Å². The molecule has 2 heterocycles. The zero-order chi connectivity index (χ0) is 13.9. The molecule has 3 rings (SSSR count). The Morgan fingerprint density at radius 3 is 2.90 bits per heavy atom. The number of nitrogens with one attached hydrogen (secondary N) is 1. The molecule has 1 aliphatic rings. The van der Waals surface area contributed by atoms with Crippen molar-refractivity contribution in [1.82, 2.24) is 19.5 Å². The normalized spacial score (nSPS) is 14.7. The fraction of sp³-hybridized carbons (Fsp3) is 0.500. The van der Waals surface area contributed by atoms with Crippen LogP contribution in [0.5, 0.6) is 0 Å². The van der Waals surface area contributed by atoms with Crippen molar-refractivity contribution in [2.75, 3.05) is 5.43 Å². The molecule has 0 radical (unpaired) electrons. The van der Waals surface area contributed by atoms with E-state index >= 15 is 0 Å². The van der Waals surface area contributed by atoms with E-state index in [1.807, 2.05) is 10.8 Å². The summed E-state index contributed by atoms with van der Waals surface area (Å²) >= 11 is 0. The molecule has 20 heavy (non-hydrogen) atoms. The third-order valence-electron chi connectivity index (χ3n) is 3.85. The lowest BCUT2D eigenvalue weighted by molar-refractivity contribution is 0.708. The molecule has 2 aromatic rings. The Bertz CT molecular complexity index is 604. The van der Waals surface area contributed by atoms with Gasteiger partial charge in [-0.1, -0.05) is 6.42 Å². The highest BCUT2D eigenvalue weighted by Crippen LogP contribution is 2.27. The van der Waals surface area contributed by atoms with E-state index in [1.165, 1.54) is 24.8 Å². The summed E-state index contributed by atoms with van der Waals surface area (Å²) in [7, 11) is 0. The van der Waals surface area contributed by atoms with Crippen LogP contribution in [0.3, 0.4) is 0 Å². The maximum Gasteiger partial charge on any atom is 0.180 e. The Hall–Kier alpha value is -1.95. The summed E-state index contributed by atoms with van der Waals surface area (Å²) in [6.07, 6.45) is 9.21. The number of nitrogens with two attached hydrogens (primary N) is 1. The fourth-order valence-corrected chi connectivity index (χ4v) is 2.76. The van der Waals surface area contributed by atoms with E-state index in [9.17, 15) is 0 Å². The largest absolute Gasteiger partial charge is 0.328 e. The molecule has 3 N–H and O–H groups in total. The van der Waals surface area contributed by atoms with E-state index in [0.29, 0.717) is 5.82 Å². The minimum atomic E-state index is 0.706. The Balaban J connectivity index is 2.11. The maximum atomic E-state index is 5.66. The van der Waals surface area contributed by atoms with Gasteiger partial charge in [-0.15, -0.1) is 0 Å². The van der Waals surface area contributed by atoms with Crippen molar-refractivity contribution < 1.29 is 0 Å². The van der Waals surface area contributed by atoms with Crippen LogP contribution in [0.1, 0.15) is 37.4 Å². The number of imidazole rings is 1. The first-order chi connectivity index (χ1) is 9.83. The van der Waals surface area contributed by atoms with Gasteiger partial charge in [-0.25, -0.2) is 20.8 Å². The summed E-state index contributed by atoms with van der Waals surface area (Å²) in [5.74, 6) is 7.12. The molecular formula is C14H20N6. The molecule has 0 saturated heterocycles. The van der Waals surface area contributed by atoms with Crippen molar-refractivity contribution in [1.29, 1.82) is 0 Å². The third kappa shape index (κ3) is 2.27. The lowest BCUT2D eigenvalue weighted by Crippen LogP contribution is -2.15. The molecule has 2 aromatic heterocycles. The number of aromatic nitrogens is 4. The van der Waals surface area contributed by atoms with Gasteiger partial charge in [0.25, 0.3) is 0 Å². The topological polar surface area (TPSA) is 81.7 Å². The van der Waals surface area contributed by atoms with Gasteiger partial charge in [-0.3, -0.25) is 0 Å². The van der Waals surface area contributed by atoms with Gasteiger partial charge in [0.1, 0.15) is 11.5 Å². The van der Waals surface area contributed by atoms with Gasteiger partial charge in [0.15, 0.2) is 5.82 Å². The second kappa shape index (κ2) is 5.58. The van der Waals surface area contributed by atoms with Crippen LogP contribution in [0.25, 0.3) is 11.5 Å². The first kappa shape index (κ1) is 13.1. The standard InChI is InChI=1S/C14H20N6/c1-2-20-9-16-8-12(20)14-17-11-7-5-3-4-6-10(11)13(18-14)19-15/h8-9H,2-7,15H2,1H3,(H,17,18,19). The highest BCUT2D eigenvalue weighted by molar-refractivity contribution is 5.56. The van der Waals surface area contributed by atoms with E-state index in [0.717, 1.165) is 36.6 Å². The molecular weight excluding hydrogens is 252 g/mol. The zero-order valence-electron chi connectivity index (χ0n) is 11.8. The van der Waals surface area contributed by atoms with Crippen LogP contribution in [0.15, 0.2) is 12.5 Å². The molecule has 106 valence electrons. The molecule has 0 fully saturated rings. The summed E-state index contributed by atoms with van der Waals surface area (Å²) in [6.45, 7) is 2.93. The van der Waals surface area contributed by atoms with Gasteiger partial charge in [0.05, 0.1) is 12.5 Å². The van der Waals surface area contributed by atoms with Gasteiger partial charge in [-0.2, -0.15) is 0 Å². The van der Waals surface area contributed by atoms with Crippen LogP contribution < -0.4 is 11.3 Å². The van der Waals surface area contributed by atoms with Gasteiger partial charge in [0, 0.05) is 17.8 Å². The number of nitrogen functional groups attached to an aromatic ring is 1. The van der Waals surface area contributed by atoms with Crippen LogP contribution >= 0.6 is 0 Å². The number of fused-ring (bicyclic) bond motifs is 1. The smallest absolute Gasteiger partial charge is 0.180 e. The highest BCUT2D eigenvalue weighted by Gasteiger charge is 2.18. The monoisotopic (exact) mass is 272 g/mol. The summed E-state index contributed by atoms with van der Waals surface area (Å²) < 4.78 is 2.04. The Morgan fingerprint density at radius 1 is 1.25 bits per heavy atom. The van der Waals surface area contributed by atoms with Crippen LogP contribution in [-0.2, 0) is 19.4 Å². The first-order valence-electron chi connectivity index (χ1n) is 7.20. The van der Waals surface area contributed by atoms with Gasteiger partial charge >= 0.3 is 0 Å². The number of hydrogen-bond donors (Lipinski definition) is 2. The van der Waals surface area contributed by atoms with E-state index in [1.54, 1.807) is 6.33 Å². The number of aryl methyl sites for hydroxylation is 2. The van der Waals surface area contributed by atoms with E-state index in [-0.39, 0.29) is 0 Å². The lowest BCUT2D eigenvalue weighted by atomic mass is 10.1. The van der Waals surface area contributed by atoms with Crippen molar-refractivity contribution in [3.63, 3.8) is 0 Å². The average Bonchev–Trinajstić information content (AvgIpc) is 2.83. The molecule has 0 bridgehead atoms. The second-order valence-electron chi connectivity index (χ2n) is 5.09. The molecule has 0 atom stereocenters. The molecule has 6 nitrogen and oxygen atoms in total. The van der Waals surface area contributed by atoms with E-state index in [4.69, 9.17) is 10.8 Å². The number of rotatable bonds is 3. The maximum absolute atomic E-state index is 5.66. The molecule has 0 spiro atoms.